The molecule has 140 valence electrons. The molecular formula is C19H29NO5. The molecule has 0 radical (unpaired) electrons. The Bertz CT molecular complexity index is 610. The maximum atomic E-state index is 12.5. The lowest BCUT2D eigenvalue weighted by molar-refractivity contribution is -0.129. The van der Waals surface area contributed by atoms with Crippen LogP contribution >= 0.6 is 0 Å². The summed E-state index contributed by atoms with van der Waals surface area (Å²) in [5.41, 5.74) is 1.72. The van der Waals surface area contributed by atoms with Crippen molar-refractivity contribution < 1.29 is 24.2 Å². The van der Waals surface area contributed by atoms with E-state index in [1.54, 1.807) is 6.07 Å². The van der Waals surface area contributed by atoms with E-state index < -0.39 is 18.0 Å². The molecule has 0 bridgehead atoms. The zero-order chi connectivity index (χ0) is 19.1. The molecule has 0 aromatic heterocycles. The largest absolute Gasteiger partial charge is 0.507 e. The summed E-state index contributed by atoms with van der Waals surface area (Å²) < 4.78 is 10.1. The second kappa shape index (κ2) is 9.42. The van der Waals surface area contributed by atoms with Crippen LogP contribution in [0, 0.1) is 0 Å². The van der Waals surface area contributed by atoms with Gasteiger partial charge in [0.25, 0.3) is 5.91 Å². The Balaban J connectivity index is 2.98. The van der Waals surface area contributed by atoms with Gasteiger partial charge in [0.1, 0.15) is 11.3 Å². The zero-order valence-electron chi connectivity index (χ0n) is 15.9. The van der Waals surface area contributed by atoms with Gasteiger partial charge in [0.05, 0.1) is 6.61 Å². The lowest BCUT2D eigenvalue weighted by atomic mass is 9.92. The molecule has 0 aliphatic rings. The monoisotopic (exact) mass is 351 g/mol. The SMILES string of the molecule is COCCNC(=O)[C@@H](C)OC(=O)c1cc(C(C)C)cc(C(C)C)c1O. The van der Waals surface area contributed by atoms with Gasteiger partial charge >= 0.3 is 5.97 Å². The number of aromatic hydroxyl groups is 1. The zero-order valence-corrected chi connectivity index (χ0v) is 15.9. The van der Waals surface area contributed by atoms with Crippen molar-refractivity contribution in [1.82, 2.24) is 5.32 Å². The van der Waals surface area contributed by atoms with E-state index in [1.165, 1.54) is 14.0 Å². The van der Waals surface area contributed by atoms with Crippen molar-refractivity contribution in [3.8, 4) is 5.75 Å². The van der Waals surface area contributed by atoms with Crippen LogP contribution < -0.4 is 5.32 Å². The summed E-state index contributed by atoms with van der Waals surface area (Å²) in [6, 6.07) is 3.53. The highest BCUT2D eigenvalue weighted by atomic mass is 16.5. The van der Waals surface area contributed by atoms with Gasteiger partial charge in [0.15, 0.2) is 6.10 Å². The van der Waals surface area contributed by atoms with E-state index in [1.807, 2.05) is 33.8 Å². The Hall–Kier alpha value is -2.08. The third-order valence-corrected chi connectivity index (χ3v) is 3.93. The van der Waals surface area contributed by atoms with Crippen LogP contribution in [0.4, 0.5) is 0 Å². The predicted molar refractivity (Wildman–Crippen MR) is 96.0 cm³/mol. The van der Waals surface area contributed by atoms with E-state index in [-0.39, 0.29) is 23.1 Å². The number of ether oxygens (including phenoxy) is 2. The van der Waals surface area contributed by atoms with Crippen LogP contribution in [0.2, 0.25) is 0 Å². The van der Waals surface area contributed by atoms with Crippen LogP contribution in [0.3, 0.4) is 0 Å². The Morgan fingerprint density at radius 2 is 1.76 bits per heavy atom. The molecule has 1 rings (SSSR count). The first-order valence-corrected chi connectivity index (χ1v) is 8.53. The fourth-order valence-corrected chi connectivity index (χ4v) is 2.31. The Morgan fingerprint density at radius 3 is 2.28 bits per heavy atom. The molecule has 1 amide bonds. The molecule has 1 aromatic rings. The number of esters is 1. The maximum Gasteiger partial charge on any atom is 0.342 e. The minimum atomic E-state index is -0.964. The third-order valence-electron chi connectivity index (χ3n) is 3.93. The highest BCUT2D eigenvalue weighted by Crippen LogP contribution is 2.33. The molecule has 0 spiro atoms. The van der Waals surface area contributed by atoms with Gasteiger partial charge in [0.2, 0.25) is 0 Å². The van der Waals surface area contributed by atoms with E-state index in [0.29, 0.717) is 18.7 Å². The highest BCUT2D eigenvalue weighted by molar-refractivity contribution is 5.95. The molecule has 1 atom stereocenters. The number of rotatable bonds is 8. The topological polar surface area (TPSA) is 84.9 Å². The van der Waals surface area contributed by atoms with Gasteiger partial charge in [-0.05, 0) is 36.0 Å². The number of benzene rings is 1. The summed E-state index contributed by atoms with van der Waals surface area (Å²) in [5.74, 6) is -0.957. The van der Waals surface area contributed by atoms with Crippen molar-refractivity contribution in [1.29, 1.82) is 0 Å². The molecule has 0 fully saturated rings. The number of phenolic OH excluding ortho intramolecular Hbond substituents is 1. The lowest BCUT2D eigenvalue weighted by Gasteiger charge is -2.18. The summed E-state index contributed by atoms with van der Waals surface area (Å²) in [6.07, 6.45) is -0.964. The van der Waals surface area contributed by atoms with E-state index in [4.69, 9.17) is 9.47 Å². The molecule has 6 heteroatoms. The molecule has 0 saturated carbocycles. The molecule has 0 unspecified atom stereocenters. The van der Waals surface area contributed by atoms with Crippen LogP contribution in [-0.2, 0) is 14.3 Å². The molecule has 2 N–H and O–H groups in total. The van der Waals surface area contributed by atoms with Crippen molar-refractivity contribution in [2.45, 2.75) is 52.6 Å². The maximum absolute atomic E-state index is 12.5. The minimum absolute atomic E-state index is 0.0556. The minimum Gasteiger partial charge on any atom is -0.507 e. The molecule has 0 aliphatic heterocycles. The first-order chi connectivity index (χ1) is 11.7. The van der Waals surface area contributed by atoms with Crippen LogP contribution in [-0.4, -0.2) is 43.3 Å². The smallest absolute Gasteiger partial charge is 0.342 e. The van der Waals surface area contributed by atoms with Crippen LogP contribution in [0.1, 0.15) is 67.9 Å². The molecular weight excluding hydrogens is 322 g/mol. The molecule has 1 aromatic carbocycles. The number of amides is 1. The van der Waals surface area contributed by atoms with Crippen LogP contribution in [0.5, 0.6) is 5.75 Å². The van der Waals surface area contributed by atoms with E-state index in [9.17, 15) is 14.7 Å². The average molecular weight is 351 g/mol. The fraction of sp³-hybridized carbons (Fsp3) is 0.579. The molecule has 0 heterocycles. The first kappa shape index (κ1) is 21.0. The van der Waals surface area contributed by atoms with Gasteiger partial charge in [-0.1, -0.05) is 33.8 Å². The van der Waals surface area contributed by atoms with Crippen molar-refractivity contribution in [2.75, 3.05) is 20.3 Å². The summed E-state index contributed by atoms with van der Waals surface area (Å²) in [7, 11) is 1.53. The number of carbonyl (C=O) groups excluding carboxylic acids is 2. The number of methoxy groups -OCH3 is 1. The van der Waals surface area contributed by atoms with Gasteiger partial charge in [-0.3, -0.25) is 4.79 Å². The highest BCUT2D eigenvalue weighted by Gasteiger charge is 2.24. The number of hydrogen-bond acceptors (Lipinski definition) is 5. The van der Waals surface area contributed by atoms with Crippen LogP contribution in [0.15, 0.2) is 12.1 Å². The quantitative estimate of drug-likeness (QED) is 0.556. The predicted octanol–water partition coefficient (Wildman–Crippen LogP) is 2.95. The fourth-order valence-electron chi connectivity index (χ4n) is 2.31. The van der Waals surface area contributed by atoms with Crippen molar-refractivity contribution in [3.63, 3.8) is 0 Å². The van der Waals surface area contributed by atoms with Gasteiger partial charge in [-0.15, -0.1) is 0 Å². The Labute approximate surface area is 149 Å². The van der Waals surface area contributed by atoms with E-state index >= 15 is 0 Å². The Morgan fingerprint density at radius 1 is 1.12 bits per heavy atom. The van der Waals surface area contributed by atoms with Crippen LogP contribution in [0.25, 0.3) is 0 Å². The number of phenols is 1. The van der Waals surface area contributed by atoms with Gasteiger partial charge in [-0.2, -0.15) is 0 Å². The van der Waals surface area contributed by atoms with E-state index in [2.05, 4.69) is 5.32 Å². The summed E-state index contributed by atoms with van der Waals surface area (Å²) in [6.45, 7) is 10.1. The second-order valence-corrected chi connectivity index (χ2v) is 6.65. The average Bonchev–Trinajstić information content (AvgIpc) is 2.54. The number of hydrogen-bond donors (Lipinski definition) is 2. The third kappa shape index (κ3) is 5.74. The van der Waals surface area contributed by atoms with Gasteiger partial charge < -0.3 is 19.9 Å². The van der Waals surface area contributed by atoms with Crippen molar-refractivity contribution in [2.24, 2.45) is 0 Å². The van der Waals surface area contributed by atoms with Crippen molar-refractivity contribution >= 4 is 11.9 Å². The normalized spacial score (nSPS) is 12.3. The first-order valence-electron chi connectivity index (χ1n) is 8.53. The van der Waals surface area contributed by atoms with Crippen molar-refractivity contribution in [3.05, 3.63) is 28.8 Å². The summed E-state index contributed by atoms with van der Waals surface area (Å²) in [5, 5.41) is 13.1. The standard InChI is InChI=1S/C19H29NO5/c1-11(2)14-9-15(12(3)4)17(21)16(10-14)19(23)25-13(5)18(22)20-7-8-24-6/h9-13,21H,7-8H2,1-6H3,(H,20,22)/t13-/m1/s1. The van der Waals surface area contributed by atoms with Gasteiger partial charge in [-0.25, -0.2) is 4.79 Å². The molecule has 0 aliphatic carbocycles. The Kier molecular flexibility index (Phi) is 7.90. The van der Waals surface area contributed by atoms with E-state index in [0.717, 1.165) is 5.56 Å². The second-order valence-electron chi connectivity index (χ2n) is 6.65. The van der Waals surface area contributed by atoms with Gasteiger partial charge in [0, 0.05) is 13.7 Å². The summed E-state index contributed by atoms with van der Waals surface area (Å²) in [4.78, 5) is 24.4. The lowest BCUT2D eigenvalue weighted by Crippen LogP contribution is -2.37. The summed E-state index contributed by atoms with van der Waals surface area (Å²) >= 11 is 0. The molecule has 6 nitrogen and oxygen atoms in total. The molecule has 0 saturated heterocycles. The number of nitrogens with one attached hydrogen (secondary N) is 1. The number of carbonyl (C=O) groups is 2. The molecule has 25 heavy (non-hydrogen) atoms.